The van der Waals surface area contributed by atoms with Gasteiger partial charge in [0.15, 0.2) is 5.65 Å². The summed E-state index contributed by atoms with van der Waals surface area (Å²) in [4.78, 5) is 19.6. The first kappa shape index (κ1) is 15.5. The number of fused-ring (bicyclic) bond motifs is 1. The minimum absolute atomic E-state index is 0.00497. The average molecular weight is 448 g/mol. The highest BCUT2D eigenvalue weighted by Gasteiger charge is 2.33. The van der Waals surface area contributed by atoms with Crippen molar-refractivity contribution in [1.29, 1.82) is 0 Å². The number of aliphatic hydroxyl groups excluding tert-OH is 1. The minimum Gasteiger partial charge on any atom is -0.391 e. The fourth-order valence-electron chi connectivity index (χ4n) is 3.94. The monoisotopic (exact) mass is 447 g/mol. The Balaban J connectivity index is 1.49. The van der Waals surface area contributed by atoms with Crippen LogP contribution in [0.25, 0.3) is 5.65 Å². The normalized spacial score (nSPS) is 31.1. The van der Waals surface area contributed by atoms with Crippen LogP contribution >= 0.6 is 0 Å². The Labute approximate surface area is 190 Å². The molecule has 10 heteroatoms. The number of hydrogen-bond acceptors (Lipinski definition) is 5. The van der Waals surface area contributed by atoms with Gasteiger partial charge in [-0.2, -0.15) is 5.10 Å². The van der Waals surface area contributed by atoms with E-state index in [0.717, 1.165) is 18.2 Å². The lowest BCUT2D eigenvalue weighted by atomic mass is 10.0. The lowest BCUT2D eigenvalue weighted by Crippen LogP contribution is -2.40. The van der Waals surface area contributed by atoms with Gasteiger partial charge in [0.25, 0.3) is 0 Å². The number of nitrogens with one attached hydrogen (secondary N) is 1. The fourth-order valence-corrected chi connectivity index (χ4v) is 3.94. The van der Waals surface area contributed by atoms with Crippen LogP contribution in [0.1, 0.15) is 44.6 Å². The summed E-state index contributed by atoms with van der Waals surface area (Å²) in [6.45, 7) is -1.18. The molecule has 0 saturated carbocycles. The fraction of sp³-hybridized carbons (Fsp3) is 0.409. The standard InChI is InChI=1S/C22H24F2N6O2/c1-13-19(31)6-9-28(13)22(32)26-17-12-25-30-10-7-20(27-21(17)30)29-8-2-3-18(29)15-11-14(23)4-5-16(15)24/h4-5,7,10-13,18-19,31H,2-3,6,8-9H2,1H3,(H,26,32)/t13?,18-,19+/m1/s1/i2D2,9D2,13D. The molecule has 0 spiro atoms. The summed E-state index contributed by atoms with van der Waals surface area (Å²) < 4.78 is 70.8. The summed E-state index contributed by atoms with van der Waals surface area (Å²) in [5.74, 6) is -1.09. The van der Waals surface area contributed by atoms with E-state index in [0.29, 0.717) is 4.90 Å². The molecule has 0 bridgehead atoms. The molecule has 5 rings (SSSR count). The largest absolute Gasteiger partial charge is 0.391 e. The van der Waals surface area contributed by atoms with E-state index in [1.165, 1.54) is 34.8 Å². The summed E-state index contributed by atoms with van der Waals surface area (Å²) in [7, 11) is 0. The predicted molar refractivity (Wildman–Crippen MR) is 114 cm³/mol. The number of halogens is 2. The van der Waals surface area contributed by atoms with Gasteiger partial charge >= 0.3 is 6.03 Å². The Morgan fingerprint density at radius 2 is 2.19 bits per heavy atom. The number of amides is 2. The molecule has 1 aromatic carbocycles. The highest BCUT2D eigenvalue weighted by atomic mass is 19.1. The highest BCUT2D eigenvalue weighted by molar-refractivity contribution is 5.93. The molecule has 2 N–H and O–H groups in total. The summed E-state index contributed by atoms with van der Waals surface area (Å²) in [5.41, 5.74) is 0.203. The third-order valence-electron chi connectivity index (χ3n) is 5.68. The van der Waals surface area contributed by atoms with Crippen LogP contribution in [0.5, 0.6) is 0 Å². The number of aliphatic hydroxyl groups is 1. The van der Waals surface area contributed by atoms with Crippen molar-refractivity contribution in [2.24, 2.45) is 0 Å². The number of benzene rings is 1. The zero-order chi connectivity index (χ0) is 26.9. The van der Waals surface area contributed by atoms with E-state index in [1.807, 2.05) is 0 Å². The minimum atomic E-state index is -2.27. The van der Waals surface area contributed by atoms with Crippen LogP contribution in [0.4, 0.5) is 25.1 Å². The second-order valence-electron chi connectivity index (χ2n) is 7.66. The van der Waals surface area contributed by atoms with Crippen molar-refractivity contribution in [3.63, 3.8) is 0 Å². The Morgan fingerprint density at radius 3 is 2.97 bits per heavy atom. The third kappa shape index (κ3) is 3.54. The zero-order valence-corrected chi connectivity index (χ0v) is 17.1. The van der Waals surface area contributed by atoms with E-state index < -0.39 is 55.1 Å². The van der Waals surface area contributed by atoms with Crippen LogP contribution in [0.2, 0.25) is 0 Å². The molecule has 2 fully saturated rings. The predicted octanol–water partition coefficient (Wildman–Crippen LogP) is 3.34. The number of rotatable bonds is 3. The van der Waals surface area contributed by atoms with Gasteiger partial charge in [-0.15, -0.1) is 0 Å². The van der Waals surface area contributed by atoms with E-state index in [-0.39, 0.29) is 35.7 Å². The summed E-state index contributed by atoms with van der Waals surface area (Å²) >= 11 is 0. The molecule has 2 aliphatic heterocycles. The van der Waals surface area contributed by atoms with Gasteiger partial charge in [-0.1, -0.05) is 0 Å². The number of nitrogens with zero attached hydrogens (tertiary/aromatic N) is 5. The van der Waals surface area contributed by atoms with Gasteiger partial charge in [-0.25, -0.2) is 23.1 Å². The Kier molecular flexibility index (Phi) is 3.89. The van der Waals surface area contributed by atoms with Crippen LogP contribution in [-0.4, -0.2) is 55.8 Å². The Bertz CT molecular complexity index is 1390. The van der Waals surface area contributed by atoms with Crippen molar-refractivity contribution in [1.82, 2.24) is 19.5 Å². The number of likely N-dealkylation sites (tertiary alicyclic amines) is 1. The van der Waals surface area contributed by atoms with E-state index in [9.17, 15) is 18.7 Å². The van der Waals surface area contributed by atoms with Crippen LogP contribution in [0.15, 0.2) is 36.7 Å². The second-order valence-corrected chi connectivity index (χ2v) is 7.66. The Hall–Kier alpha value is -3.27. The van der Waals surface area contributed by atoms with E-state index in [2.05, 4.69) is 15.4 Å². The first-order valence-electron chi connectivity index (χ1n) is 12.5. The van der Waals surface area contributed by atoms with Crippen molar-refractivity contribution in [2.75, 3.05) is 23.3 Å². The molecule has 2 amide bonds. The quantitative estimate of drug-likeness (QED) is 0.643. The van der Waals surface area contributed by atoms with E-state index >= 15 is 0 Å². The SMILES string of the molecule is [2H]C1([2H])C[C@H](c2cc(F)ccc2F)N(c2ccn3ncc(NC(=O)N4C([2H])([2H])C[C@H](O)C4([2H])C)c3n2)C1. The van der Waals surface area contributed by atoms with Gasteiger partial charge in [-0.05, 0) is 50.4 Å². The first-order chi connectivity index (χ1) is 17.2. The van der Waals surface area contributed by atoms with Gasteiger partial charge < -0.3 is 20.2 Å². The average Bonchev–Trinajstić information content (AvgIpc) is 3.38. The number of anilines is 2. The maximum absolute atomic E-state index is 14.6. The molecule has 1 unspecified atom stereocenters. The van der Waals surface area contributed by atoms with Crippen molar-refractivity contribution in [3.05, 3.63) is 53.9 Å². The first-order valence-corrected chi connectivity index (χ1v) is 10.0. The molecular formula is C22H24F2N6O2. The molecule has 168 valence electrons. The maximum Gasteiger partial charge on any atom is 0.322 e. The van der Waals surface area contributed by atoms with Crippen molar-refractivity contribution >= 4 is 23.2 Å². The number of carbonyl (C=O) groups excluding carboxylic acids is 1. The summed E-state index contributed by atoms with van der Waals surface area (Å²) in [6, 6.07) is 0.815. The molecule has 8 nitrogen and oxygen atoms in total. The Morgan fingerprint density at radius 1 is 1.34 bits per heavy atom. The molecule has 0 radical (unpaired) electrons. The molecule has 32 heavy (non-hydrogen) atoms. The van der Waals surface area contributed by atoms with Crippen LogP contribution < -0.4 is 10.2 Å². The third-order valence-corrected chi connectivity index (χ3v) is 5.68. The number of urea groups is 1. The molecule has 2 saturated heterocycles. The van der Waals surface area contributed by atoms with Crippen LogP contribution in [0, 0.1) is 11.6 Å². The van der Waals surface area contributed by atoms with Crippen molar-refractivity contribution in [3.8, 4) is 0 Å². The number of aromatic nitrogens is 3. The van der Waals surface area contributed by atoms with E-state index in [1.54, 1.807) is 0 Å². The molecule has 3 atom stereocenters. The molecule has 4 heterocycles. The summed E-state index contributed by atoms with van der Waals surface area (Å²) in [5, 5.41) is 16.7. The number of hydrogen-bond donors (Lipinski definition) is 2. The van der Waals surface area contributed by atoms with Crippen LogP contribution in [-0.2, 0) is 0 Å². The molecular weight excluding hydrogens is 418 g/mol. The lowest BCUT2D eigenvalue weighted by Gasteiger charge is -2.26. The lowest BCUT2D eigenvalue weighted by molar-refractivity contribution is 0.135. The van der Waals surface area contributed by atoms with Gasteiger partial charge in [0.1, 0.15) is 23.1 Å². The summed E-state index contributed by atoms with van der Waals surface area (Å²) in [6.07, 6.45) is -0.847. The van der Waals surface area contributed by atoms with Gasteiger partial charge in [0, 0.05) is 30.3 Å². The van der Waals surface area contributed by atoms with Crippen molar-refractivity contribution in [2.45, 2.75) is 44.3 Å². The molecule has 2 aliphatic rings. The van der Waals surface area contributed by atoms with Gasteiger partial charge in [-0.3, -0.25) is 0 Å². The second kappa shape index (κ2) is 8.01. The molecule has 3 aromatic rings. The van der Waals surface area contributed by atoms with Gasteiger partial charge in [0.2, 0.25) is 0 Å². The topological polar surface area (TPSA) is 86.0 Å². The van der Waals surface area contributed by atoms with Crippen LogP contribution in [0.3, 0.4) is 0 Å². The smallest absolute Gasteiger partial charge is 0.322 e. The number of carbonyl (C=O) groups is 1. The zero-order valence-electron chi connectivity index (χ0n) is 22.1. The molecule has 0 aliphatic carbocycles. The van der Waals surface area contributed by atoms with E-state index in [4.69, 9.17) is 6.85 Å². The maximum atomic E-state index is 14.6. The highest BCUT2D eigenvalue weighted by Crippen LogP contribution is 2.37. The molecule has 2 aromatic heterocycles. The van der Waals surface area contributed by atoms with Crippen molar-refractivity contribution < 1.29 is 25.5 Å². The van der Waals surface area contributed by atoms with Gasteiger partial charge in [0.05, 0.1) is 25.7 Å².